The summed E-state index contributed by atoms with van der Waals surface area (Å²) in [7, 11) is 3.82. The summed E-state index contributed by atoms with van der Waals surface area (Å²) >= 11 is 0. The highest BCUT2D eigenvalue weighted by atomic mass is 16.6. The average molecular weight is 149 g/mol. The molecule has 0 fully saturated rings. The minimum Gasteiger partial charge on any atom is -0.391 e. The van der Waals surface area contributed by atoms with Crippen molar-refractivity contribution in [2.75, 3.05) is 33.9 Å². The largest absolute Gasteiger partial charge is 0.391 e. The van der Waals surface area contributed by atoms with Crippen LogP contribution in [0, 0.1) is 0 Å². The fourth-order valence-corrected chi connectivity index (χ4v) is 0.424. The zero-order valence-corrected chi connectivity index (χ0v) is 6.45. The molecule has 0 amide bonds. The standard InChI is InChI=1S/C6H15NO3/c1-7(2)3-4-10-6(9)5-8/h6,8-9H,3-5H2,1-2H3. The normalized spacial score (nSPS) is 14.1. The summed E-state index contributed by atoms with van der Waals surface area (Å²) in [5.74, 6) is 0. The van der Waals surface area contributed by atoms with Gasteiger partial charge < -0.3 is 19.8 Å². The van der Waals surface area contributed by atoms with E-state index in [1.165, 1.54) is 0 Å². The van der Waals surface area contributed by atoms with E-state index < -0.39 is 6.29 Å². The molecule has 0 bridgehead atoms. The molecule has 1 atom stereocenters. The van der Waals surface area contributed by atoms with E-state index in [0.717, 1.165) is 6.54 Å². The molecule has 10 heavy (non-hydrogen) atoms. The number of hydrogen-bond acceptors (Lipinski definition) is 4. The third-order valence-corrected chi connectivity index (χ3v) is 1.00. The lowest BCUT2D eigenvalue weighted by atomic mass is 10.6. The van der Waals surface area contributed by atoms with Crippen LogP contribution in [0.5, 0.6) is 0 Å². The highest BCUT2D eigenvalue weighted by molar-refractivity contribution is 4.41. The van der Waals surface area contributed by atoms with Crippen LogP contribution < -0.4 is 0 Å². The molecular weight excluding hydrogens is 134 g/mol. The predicted molar refractivity (Wildman–Crippen MR) is 37.6 cm³/mol. The number of hydrogen-bond donors (Lipinski definition) is 2. The topological polar surface area (TPSA) is 52.9 Å². The van der Waals surface area contributed by atoms with E-state index in [4.69, 9.17) is 14.9 Å². The minimum absolute atomic E-state index is 0.340. The second-order valence-corrected chi connectivity index (χ2v) is 2.31. The molecule has 0 aromatic heterocycles. The van der Waals surface area contributed by atoms with Gasteiger partial charge in [-0.25, -0.2) is 0 Å². The molecular formula is C6H15NO3. The van der Waals surface area contributed by atoms with E-state index in [1.807, 2.05) is 19.0 Å². The molecule has 0 radical (unpaired) electrons. The Morgan fingerprint density at radius 3 is 2.50 bits per heavy atom. The lowest BCUT2D eigenvalue weighted by Gasteiger charge is -2.12. The molecule has 2 N–H and O–H groups in total. The summed E-state index contributed by atoms with van der Waals surface area (Å²) in [5, 5.41) is 17.0. The molecule has 0 saturated heterocycles. The number of likely N-dealkylation sites (N-methyl/N-ethyl adjacent to an activating group) is 1. The van der Waals surface area contributed by atoms with Crippen LogP contribution >= 0.6 is 0 Å². The van der Waals surface area contributed by atoms with Gasteiger partial charge in [-0.3, -0.25) is 0 Å². The highest BCUT2D eigenvalue weighted by Gasteiger charge is 1.99. The van der Waals surface area contributed by atoms with Gasteiger partial charge in [0.15, 0.2) is 6.29 Å². The van der Waals surface area contributed by atoms with Crippen molar-refractivity contribution in [3.05, 3.63) is 0 Å². The van der Waals surface area contributed by atoms with E-state index in [-0.39, 0.29) is 6.61 Å². The van der Waals surface area contributed by atoms with Gasteiger partial charge >= 0.3 is 0 Å². The Labute approximate surface area is 61.0 Å². The van der Waals surface area contributed by atoms with Gasteiger partial charge in [-0.15, -0.1) is 0 Å². The van der Waals surface area contributed by atoms with Gasteiger partial charge in [0.1, 0.15) is 0 Å². The van der Waals surface area contributed by atoms with E-state index in [1.54, 1.807) is 0 Å². The SMILES string of the molecule is CN(C)CCOC(O)CO. The van der Waals surface area contributed by atoms with Crippen molar-refractivity contribution in [1.29, 1.82) is 0 Å². The van der Waals surface area contributed by atoms with Gasteiger partial charge in [0.2, 0.25) is 0 Å². The first-order valence-electron chi connectivity index (χ1n) is 3.22. The van der Waals surface area contributed by atoms with Crippen LogP contribution in [0.1, 0.15) is 0 Å². The first-order valence-corrected chi connectivity index (χ1v) is 3.22. The van der Waals surface area contributed by atoms with Crippen molar-refractivity contribution in [3.63, 3.8) is 0 Å². The van der Waals surface area contributed by atoms with Gasteiger partial charge in [0, 0.05) is 6.54 Å². The molecule has 4 heteroatoms. The third-order valence-electron chi connectivity index (χ3n) is 1.00. The Morgan fingerprint density at radius 1 is 1.50 bits per heavy atom. The Bertz CT molecular complexity index is 77.4. The van der Waals surface area contributed by atoms with Gasteiger partial charge in [-0.1, -0.05) is 0 Å². The Balaban J connectivity index is 3.03. The average Bonchev–Trinajstić information content (AvgIpc) is 1.87. The summed E-state index contributed by atoms with van der Waals surface area (Å²) in [4.78, 5) is 1.93. The Hall–Kier alpha value is -0.160. The molecule has 0 rings (SSSR count). The molecule has 0 aliphatic carbocycles. The maximum atomic E-state index is 8.68. The van der Waals surface area contributed by atoms with Crippen molar-refractivity contribution in [1.82, 2.24) is 4.90 Å². The van der Waals surface area contributed by atoms with E-state index in [0.29, 0.717) is 6.61 Å². The summed E-state index contributed by atoms with van der Waals surface area (Å²) in [6, 6.07) is 0. The zero-order chi connectivity index (χ0) is 7.98. The van der Waals surface area contributed by atoms with Crippen LogP contribution in [-0.4, -0.2) is 55.3 Å². The summed E-state index contributed by atoms with van der Waals surface area (Å²) < 4.78 is 4.77. The van der Waals surface area contributed by atoms with Crippen molar-refractivity contribution in [2.24, 2.45) is 0 Å². The molecule has 0 aromatic carbocycles. The maximum Gasteiger partial charge on any atom is 0.177 e. The summed E-state index contributed by atoms with van der Waals surface area (Å²) in [5.41, 5.74) is 0. The predicted octanol–water partition coefficient (Wildman–Crippen LogP) is -1.12. The number of nitrogens with zero attached hydrogens (tertiary/aromatic N) is 1. The van der Waals surface area contributed by atoms with Crippen molar-refractivity contribution >= 4 is 0 Å². The second kappa shape index (κ2) is 5.61. The monoisotopic (exact) mass is 149 g/mol. The van der Waals surface area contributed by atoms with Gasteiger partial charge in [-0.05, 0) is 14.1 Å². The molecule has 0 aliphatic heterocycles. The van der Waals surface area contributed by atoms with Crippen LogP contribution in [0.25, 0.3) is 0 Å². The quantitative estimate of drug-likeness (QED) is 0.486. The molecule has 0 aromatic rings. The number of rotatable bonds is 5. The van der Waals surface area contributed by atoms with Crippen LogP contribution in [0.2, 0.25) is 0 Å². The van der Waals surface area contributed by atoms with Gasteiger partial charge in [-0.2, -0.15) is 0 Å². The number of aliphatic hydroxyl groups is 2. The molecule has 0 aliphatic rings. The molecule has 0 saturated carbocycles. The van der Waals surface area contributed by atoms with Crippen LogP contribution in [-0.2, 0) is 4.74 Å². The maximum absolute atomic E-state index is 8.68. The number of ether oxygens (including phenoxy) is 1. The summed E-state index contributed by atoms with van der Waals surface area (Å²) in [6.45, 7) is 0.846. The molecule has 62 valence electrons. The number of aliphatic hydroxyl groups excluding tert-OH is 2. The first-order chi connectivity index (χ1) is 4.66. The van der Waals surface area contributed by atoms with Crippen LogP contribution in [0.4, 0.5) is 0 Å². The van der Waals surface area contributed by atoms with Crippen LogP contribution in [0.3, 0.4) is 0 Å². The minimum atomic E-state index is -1.03. The zero-order valence-electron chi connectivity index (χ0n) is 6.45. The molecule has 0 heterocycles. The smallest absolute Gasteiger partial charge is 0.177 e. The second-order valence-electron chi connectivity index (χ2n) is 2.31. The van der Waals surface area contributed by atoms with E-state index >= 15 is 0 Å². The lowest BCUT2D eigenvalue weighted by molar-refractivity contribution is -0.126. The van der Waals surface area contributed by atoms with Crippen molar-refractivity contribution in [3.8, 4) is 0 Å². The van der Waals surface area contributed by atoms with Crippen molar-refractivity contribution in [2.45, 2.75) is 6.29 Å². The van der Waals surface area contributed by atoms with E-state index in [2.05, 4.69) is 0 Å². The van der Waals surface area contributed by atoms with Gasteiger partial charge in [0.25, 0.3) is 0 Å². The Kier molecular flexibility index (Phi) is 5.52. The molecule has 4 nitrogen and oxygen atoms in total. The van der Waals surface area contributed by atoms with E-state index in [9.17, 15) is 0 Å². The fraction of sp³-hybridized carbons (Fsp3) is 1.00. The highest BCUT2D eigenvalue weighted by Crippen LogP contribution is 1.84. The first kappa shape index (κ1) is 9.84. The summed E-state index contributed by atoms with van der Waals surface area (Å²) in [6.07, 6.45) is -1.03. The fourth-order valence-electron chi connectivity index (χ4n) is 0.424. The Morgan fingerprint density at radius 2 is 2.10 bits per heavy atom. The third kappa shape index (κ3) is 5.97. The van der Waals surface area contributed by atoms with Crippen LogP contribution in [0.15, 0.2) is 0 Å². The lowest BCUT2D eigenvalue weighted by Crippen LogP contribution is -2.24. The molecule has 1 unspecified atom stereocenters. The molecule has 0 spiro atoms. The van der Waals surface area contributed by atoms with Crippen molar-refractivity contribution < 1.29 is 14.9 Å². The van der Waals surface area contributed by atoms with Gasteiger partial charge in [0.05, 0.1) is 13.2 Å².